The molecule has 1 aromatic carbocycles. The number of hydrogen-bond acceptors (Lipinski definition) is 5. The Balaban J connectivity index is 3.23. The van der Waals surface area contributed by atoms with Crippen molar-refractivity contribution in [2.75, 3.05) is 21.3 Å². The second-order valence-corrected chi connectivity index (χ2v) is 4.15. The first kappa shape index (κ1) is 16.4. The Hall–Kier alpha value is -1.69. The van der Waals surface area contributed by atoms with Crippen LogP contribution < -0.4 is 0 Å². The number of ether oxygens (including phenoxy) is 3. The summed E-state index contributed by atoms with van der Waals surface area (Å²) < 4.78 is 14.3. The van der Waals surface area contributed by atoms with Gasteiger partial charge in [-0.3, -0.25) is 4.79 Å². The van der Waals surface area contributed by atoms with Gasteiger partial charge in [0.1, 0.15) is 5.57 Å². The van der Waals surface area contributed by atoms with E-state index in [2.05, 4.69) is 4.74 Å². The van der Waals surface area contributed by atoms with Crippen LogP contribution in [0.2, 0.25) is 5.02 Å². The molecule has 108 valence electrons. The third-order valence-electron chi connectivity index (χ3n) is 2.52. The van der Waals surface area contributed by atoms with Gasteiger partial charge in [0.25, 0.3) is 0 Å². The van der Waals surface area contributed by atoms with E-state index in [0.29, 0.717) is 10.6 Å². The van der Waals surface area contributed by atoms with E-state index < -0.39 is 18.0 Å². The highest BCUT2D eigenvalue weighted by Crippen LogP contribution is 2.20. The fourth-order valence-electron chi connectivity index (χ4n) is 1.53. The van der Waals surface area contributed by atoms with Crippen LogP contribution in [0.3, 0.4) is 0 Å². The van der Waals surface area contributed by atoms with E-state index in [1.165, 1.54) is 27.4 Å². The molecule has 0 radical (unpaired) electrons. The lowest BCUT2D eigenvalue weighted by atomic mass is 10.1. The molecule has 6 heteroatoms. The minimum Gasteiger partial charge on any atom is -0.465 e. The summed E-state index contributed by atoms with van der Waals surface area (Å²) in [6, 6.07) is 6.80. The summed E-state index contributed by atoms with van der Waals surface area (Å²) in [4.78, 5) is 23.9. The van der Waals surface area contributed by atoms with Crippen molar-refractivity contribution in [1.82, 2.24) is 0 Å². The zero-order valence-electron chi connectivity index (χ0n) is 11.4. The number of halogens is 1. The van der Waals surface area contributed by atoms with E-state index in [1.54, 1.807) is 24.3 Å². The van der Waals surface area contributed by atoms with Crippen LogP contribution in [0.15, 0.2) is 29.8 Å². The number of rotatable bonds is 6. The predicted molar refractivity (Wildman–Crippen MR) is 74.3 cm³/mol. The highest BCUT2D eigenvalue weighted by molar-refractivity contribution is 6.32. The Morgan fingerprint density at radius 3 is 2.25 bits per heavy atom. The average molecular weight is 299 g/mol. The topological polar surface area (TPSA) is 61.8 Å². The van der Waals surface area contributed by atoms with Crippen LogP contribution in [-0.4, -0.2) is 39.4 Å². The van der Waals surface area contributed by atoms with Crippen LogP contribution in [0.4, 0.5) is 0 Å². The highest BCUT2D eigenvalue weighted by Gasteiger charge is 2.27. The van der Waals surface area contributed by atoms with Gasteiger partial charge in [-0.25, -0.2) is 4.79 Å². The number of Topliss-reactive ketones (excluding diaryl/α,β-unsaturated/α-hetero) is 1. The van der Waals surface area contributed by atoms with Crippen molar-refractivity contribution in [3.8, 4) is 0 Å². The molecule has 0 spiro atoms. The summed E-state index contributed by atoms with van der Waals surface area (Å²) >= 11 is 6.00. The number of carbonyl (C=O) groups is 2. The Kier molecular flexibility index (Phi) is 6.38. The van der Waals surface area contributed by atoms with Gasteiger partial charge in [-0.1, -0.05) is 29.8 Å². The number of benzene rings is 1. The Morgan fingerprint density at radius 2 is 1.75 bits per heavy atom. The summed E-state index contributed by atoms with van der Waals surface area (Å²) in [7, 11) is 3.79. The summed E-state index contributed by atoms with van der Waals surface area (Å²) in [5, 5.41) is 0.410. The van der Waals surface area contributed by atoms with Crippen molar-refractivity contribution < 1.29 is 23.8 Å². The SMILES string of the molecule is COC(=O)C(=Cc1ccccc1Cl)C(=O)C(OC)OC. The molecule has 0 aliphatic heterocycles. The van der Waals surface area contributed by atoms with E-state index >= 15 is 0 Å². The molecule has 0 saturated carbocycles. The highest BCUT2D eigenvalue weighted by atomic mass is 35.5. The number of ketones is 1. The first-order chi connectivity index (χ1) is 9.54. The zero-order chi connectivity index (χ0) is 15.1. The van der Waals surface area contributed by atoms with Crippen molar-refractivity contribution in [3.63, 3.8) is 0 Å². The predicted octanol–water partition coefficient (Wildman–Crippen LogP) is 2.08. The van der Waals surface area contributed by atoms with Crippen molar-refractivity contribution in [2.45, 2.75) is 6.29 Å². The lowest BCUT2D eigenvalue weighted by Gasteiger charge is -2.13. The largest absolute Gasteiger partial charge is 0.465 e. The molecule has 0 aliphatic carbocycles. The van der Waals surface area contributed by atoms with Crippen LogP contribution >= 0.6 is 11.6 Å². The molecule has 1 aromatic rings. The van der Waals surface area contributed by atoms with Gasteiger partial charge in [-0.05, 0) is 17.7 Å². The first-order valence-corrected chi connectivity index (χ1v) is 6.07. The van der Waals surface area contributed by atoms with Crippen LogP contribution in [0.1, 0.15) is 5.56 Å². The van der Waals surface area contributed by atoms with Gasteiger partial charge in [0, 0.05) is 19.2 Å². The molecule has 1 rings (SSSR count). The quantitative estimate of drug-likeness (QED) is 0.264. The van der Waals surface area contributed by atoms with Crippen molar-refractivity contribution in [3.05, 3.63) is 40.4 Å². The second kappa shape index (κ2) is 7.79. The summed E-state index contributed by atoms with van der Waals surface area (Å²) in [6.45, 7) is 0. The van der Waals surface area contributed by atoms with Gasteiger partial charge >= 0.3 is 5.97 Å². The van der Waals surface area contributed by atoms with E-state index in [1.807, 2.05) is 0 Å². The molecule has 0 amide bonds. The van der Waals surface area contributed by atoms with E-state index in [4.69, 9.17) is 21.1 Å². The molecule has 5 nitrogen and oxygen atoms in total. The molecule has 0 aliphatic rings. The van der Waals surface area contributed by atoms with Crippen molar-refractivity contribution >= 4 is 29.4 Å². The Labute approximate surface area is 122 Å². The Morgan fingerprint density at radius 1 is 1.15 bits per heavy atom. The van der Waals surface area contributed by atoms with Gasteiger partial charge < -0.3 is 14.2 Å². The molecule has 0 N–H and O–H groups in total. The lowest BCUT2D eigenvalue weighted by molar-refractivity contribution is -0.155. The van der Waals surface area contributed by atoms with Crippen LogP contribution in [0.5, 0.6) is 0 Å². The molecule has 0 saturated heterocycles. The third kappa shape index (κ3) is 3.90. The maximum Gasteiger partial charge on any atom is 0.341 e. The zero-order valence-corrected chi connectivity index (χ0v) is 12.1. The maximum atomic E-state index is 12.2. The van der Waals surface area contributed by atoms with Crippen molar-refractivity contribution in [1.29, 1.82) is 0 Å². The maximum absolute atomic E-state index is 12.2. The minimum absolute atomic E-state index is 0.200. The molecule has 0 bridgehead atoms. The van der Waals surface area contributed by atoms with Gasteiger partial charge in [-0.2, -0.15) is 0 Å². The molecule has 0 unspecified atom stereocenters. The van der Waals surface area contributed by atoms with Crippen LogP contribution in [-0.2, 0) is 23.8 Å². The van der Waals surface area contributed by atoms with Gasteiger partial charge in [-0.15, -0.1) is 0 Å². The second-order valence-electron chi connectivity index (χ2n) is 3.74. The van der Waals surface area contributed by atoms with Gasteiger partial charge in [0.15, 0.2) is 0 Å². The molecular formula is C14H15ClO5. The number of hydrogen-bond donors (Lipinski definition) is 0. The van der Waals surface area contributed by atoms with Crippen LogP contribution in [0, 0.1) is 0 Å². The monoisotopic (exact) mass is 298 g/mol. The standard InChI is InChI=1S/C14H15ClO5/c1-18-13(17)10(12(16)14(19-2)20-3)8-9-6-4-5-7-11(9)15/h4-8,14H,1-3H3. The number of carbonyl (C=O) groups excluding carboxylic acids is 2. The van der Waals surface area contributed by atoms with E-state index in [9.17, 15) is 9.59 Å². The molecular weight excluding hydrogens is 284 g/mol. The smallest absolute Gasteiger partial charge is 0.341 e. The van der Waals surface area contributed by atoms with Crippen LogP contribution in [0.25, 0.3) is 6.08 Å². The molecule has 0 fully saturated rings. The lowest BCUT2D eigenvalue weighted by Crippen LogP contribution is -2.29. The summed E-state index contributed by atoms with van der Waals surface area (Å²) in [5.74, 6) is -1.42. The summed E-state index contributed by atoms with van der Waals surface area (Å²) in [5.41, 5.74) is 0.322. The van der Waals surface area contributed by atoms with Gasteiger partial charge in [0.05, 0.1) is 7.11 Å². The molecule has 0 aromatic heterocycles. The first-order valence-electron chi connectivity index (χ1n) is 5.69. The molecule has 20 heavy (non-hydrogen) atoms. The summed E-state index contributed by atoms with van der Waals surface area (Å²) in [6.07, 6.45) is 0.171. The average Bonchev–Trinajstić information content (AvgIpc) is 2.46. The molecule has 0 atom stereocenters. The Bertz CT molecular complexity index is 520. The molecule has 0 heterocycles. The minimum atomic E-state index is -1.18. The normalized spacial score (nSPS) is 11.6. The number of esters is 1. The fraction of sp³-hybridized carbons (Fsp3) is 0.286. The number of methoxy groups -OCH3 is 3. The van der Waals surface area contributed by atoms with E-state index in [0.717, 1.165) is 0 Å². The fourth-order valence-corrected chi connectivity index (χ4v) is 1.72. The van der Waals surface area contributed by atoms with Crippen molar-refractivity contribution in [2.24, 2.45) is 0 Å². The van der Waals surface area contributed by atoms with Gasteiger partial charge in [0.2, 0.25) is 12.1 Å². The van der Waals surface area contributed by atoms with E-state index in [-0.39, 0.29) is 5.57 Å². The third-order valence-corrected chi connectivity index (χ3v) is 2.86.